The third-order valence-electron chi connectivity index (χ3n) is 1.77. The Labute approximate surface area is 78.3 Å². The lowest BCUT2D eigenvalue weighted by atomic mass is 10.1. The van der Waals surface area contributed by atoms with Crippen molar-refractivity contribution < 1.29 is 14.7 Å². The molecule has 0 unspecified atom stereocenters. The first-order chi connectivity index (χ1) is 6.27. The summed E-state index contributed by atoms with van der Waals surface area (Å²) in [6, 6.07) is 0. The average molecular weight is 187 g/mol. The van der Waals surface area contributed by atoms with Crippen molar-refractivity contribution in [1.82, 2.24) is 5.32 Å². The van der Waals surface area contributed by atoms with Gasteiger partial charge in [0.05, 0.1) is 0 Å². The van der Waals surface area contributed by atoms with Gasteiger partial charge in [-0.1, -0.05) is 19.3 Å². The van der Waals surface area contributed by atoms with Gasteiger partial charge < -0.3 is 15.2 Å². The molecule has 0 aromatic carbocycles. The van der Waals surface area contributed by atoms with Crippen LogP contribution in [-0.2, 0) is 4.79 Å². The monoisotopic (exact) mass is 187 g/mol. The van der Waals surface area contributed by atoms with Crippen molar-refractivity contribution in [2.24, 2.45) is 0 Å². The zero-order valence-electron chi connectivity index (χ0n) is 7.79. The second-order valence-corrected chi connectivity index (χ2v) is 2.96. The Hall–Kier alpha value is -1.06. The number of rotatable bonds is 8. The molecule has 2 N–H and O–H groups in total. The maximum absolute atomic E-state index is 10.0. The molecule has 76 valence electrons. The molecule has 0 aliphatic heterocycles. The molecule has 0 rings (SSSR count). The van der Waals surface area contributed by atoms with Crippen molar-refractivity contribution in [1.29, 1.82) is 0 Å². The van der Waals surface area contributed by atoms with Gasteiger partial charge in [0.15, 0.2) is 0 Å². The molecule has 0 aliphatic carbocycles. The molecule has 0 radical (unpaired) electrons. The molecule has 4 heteroatoms. The number of carbonyl (C=O) groups excluding carboxylic acids is 1. The van der Waals surface area contributed by atoms with Crippen molar-refractivity contribution in [2.75, 3.05) is 6.54 Å². The van der Waals surface area contributed by atoms with E-state index in [-0.39, 0.29) is 0 Å². The van der Waals surface area contributed by atoms with E-state index in [1.54, 1.807) is 0 Å². The molecule has 0 aliphatic rings. The summed E-state index contributed by atoms with van der Waals surface area (Å²) < 4.78 is 0. The van der Waals surface area contributed by atoms with Crippen LogP contribution in [0.1, 0.15) is 38.5 Å². The highest BCUT2D eigenvalue weighted by atomic mass is 16.4. The fraction of sp³-hybridized carbons (Fsp3) is 0.778. The van der Waals surface area contributed by atoms with Crippen LogP contribution < -0.4 is 5.32 Å². The second-order valence-electron chi connectivity index (χ2n) is 2.96. The fourth-order valence-corrected chi connectivity index (χ4v) is 1.08. The summed E-state index contributed by atoms with van der Waals surface area (Å²) in [6.07, 6.45) is 5.63. The van der Waals surface area contributed by atoms with E-state index >= 15 is 0 Å². The minimum Gasteiger partial charge on any atom is -0.465 e. The maximum atomic E-state index is 10.0. The minimum atomic E-state index is -0.957. The zero-order chi connectivity index (χ0) is 9.94. The van der Waals surface area contributed by atoms with E-state index in [4.69, 9.17) is 5.11 Å². The molecule has 13 heavy (non-hydrogen) atoms. The summed E-state index contributed by atoms with van der Waals surface area (Å²) in [5.41, 5.74) is 0. The molecule has 0 aromatic rings. The van der Waals surface area contributed by atoms with Gasteiger partial charge in [-0.3, -0.25) is 0 Å². The smallest absolute Gasteiger partial charge is 0.404 e. The summed E-state index contributed by atoms with van der Waals surface area (Å²) in [7, 11) is 0. The number of hydrogen-bond acceptors (Lipinski definition) is 2. The van der Waals surface area contributed by atoms with Gasteiger partial charge in [-0.05, 0) is 12.8 Å². The molecular formula is C9H17NO3. The summed E-state index contributed by atoms with van der Waals surface area (Å²) >= 11 is 0. The number of aldehydes is 1. The van der Waals surface area contributed by atoms with Gasteiger partial charge in [-0.15, -0.1) is 0 Å². The van der Waals surface area contributed by atoms with Crippen molar-refractivity contribution in [3.05, 3.63) is 0 Å². The Morgan fingerprint density at radius 1 is 1.15 bits per heavy atom. The molecule has 0 bridgehead atoms. The summed E-state index contributed by atoms with van der Waals surface area (Å²) in [4.78, 5) is 20.0. The summed E-state index contributed by atoms with van der Waals surface area (Å²) in [5, 5.41) is 10.5. The van der Waals surface area contributed by atoms with E-state index in [0.29, 0.717) is 13.0 Å². The minimum absolute atomic E-state index is 0.531. The van der Waals surface area contributed by atoms with Crippen LogP contribution in [0.25, 0.3) is 0 Å². The van der Waals surface area contributed by atoms with Gasteiger partial charge in [0, 0.05) is 13.0 Å². The van der Waals surface area contributed by atoms with E-state index in [1.165, 1.54) is 0 Å². The van der Waals surface area contributed by atoms with Gasteiger partial charge >= 0.3 is 6.09 Å². The third-order valence-corrected chi connectivity index (χ3v) is 1.77. The molecule has 0 spiro atoms. The quantitative estimate of drug-likeness (QED) is 0.449. The highest BCUT2D eigenvalue weighted by molar-refractivity contribution is 5.64. The molecule has 0 saturated carbocycles. The molecule has 4 nitrogen and oxygen atoms in total. The van der Waals surface area contributed by atoms with Gasteiger partial charge in [-0.25, -0.2) is 4.79 Å². The Morgan fingerprint density at radius 3 is 2.38 bits per heavy atom. The van der Waals surface area contributed by atoms with E-state index < -0.39 is 6.09 Å². The van der Waals surface area contributed by atoms with Crippen LogP contribution in [0.4, 0.5) is 4.79 Å². The van der Waals surface area contributed by atoms with Crippen LogP contribution in [0.2, 0.25) is 0 Å². The van der Waals surface area contributed by atoms with Crippen molar-refractivity contribution in [3.63, 3.8) is 0 Å². The maximum Gasteiger partial charge on any atom is 0.404 e. The largest absolute Gasteiger partial charge is 0.465 e. The highest BCUT2D eigenvalue weighted by Gasteiger charge is 1.93. The molecule has 0 aromatic heterocycles. The van der Waals surface area contributed by atoms with Crippen LogP contribution in [-0.4, -0.2) is 24.0 Å². The molecule has 0 fully saturated rings. The van der Waals surface area contributed by atoms with Crippen molar-refractivity contribution >= 4 is 12.4 Å². The van der Waals surface area contributed by atoms with E-state index in [9.17, 15) is 9.59 Å². The molecule has 0 atom stereocenters. The topological polar surface area (TPSA) is 66.4 Å². The number of unbranched alkanes of at least 4 members (excludes halogenated alkanes) is 5. The number of carbonyl (C=O) groups is 2. The summed E-state index contributed by atoms with van der Waals surface area (Å²) in [5.74, 6) is 0. The predicted octanol–water partition coefficient (Wildman–Crippen LogP) is 1.79. The van der Waals surface area contributed by atoms with Crippen molar-refractivity contribution in [2.45, 2.75) is 38.5 Å². The standard InChI is InChI=1S/C9H17NO3/c11-8-6-4-2-1-3-5-7-10-9(12)13/h8,10H,1-7H2,(H,12,13). The molecule has 1 amide bonds. The lowest BCUT2D eigenvalue weighted by Gasteiger charge is -2.00. The van der Waals surface area contributed by atoms with Crippen LogP contribution in [0.3, 0.4) is 0 Å². The predicted molar refractivity (Wildman–Crippen MR) is 49.8 cm³/mol. The van der Waals surface area contributed by atoms with Gasteiger partial charge in [0.25, 0.3) is 0 Å². The van der Waals surface area contributed by atoms with Gasteiger partial charge in [0.1, 0.15) is 6.29 Å². The first-order valence-electron chi connectivity index (χ1n) is 4.68. The zero-order valence-corrected chi connectivity index (χ0v) is 7.79. The van der Waals surface area contributed by atoms with Crippen LogP contribution in [0, 0.1) is 0 Å². The first-order valence-corrected chi connectivity index (χ1v) is 4.68. The number of hydrogen-bond donors (Lipinski definition) is 2. The van der Waals surface area contributed by atoms with E-state index in [0.717, 1.165) is 38.4 Å². The number of carboxylic acid groups (broad SMARTS) is 1. The SMILES string of the molecule is O=CCCCCCCCNC(=O)O. The summed E-state index contributed by atoms with van der Waals surface area (Å²) in [6.45, 7) is 0.531. The molecule has 0 saturated heterocycles. The number of amides is 1. The normalized spacial score (nSPS) is 9.54. The number of nitrogens with one attached hydrogen (secondary N) is 1. The van der Waals surface area contributed by atoms with E-state index in [1.807, 2.05) is 0 Å². The van der Waals surface area contributed by atoms with Gasteiger partial charge in [-0.2, -0.15) is 0 Å². The average Bonchev–Trinajstić information content (AvgIpc) is 2.09. The molecular weight excluding hydrogens is 170 g/mol. The van der Waals surface area contributed by atoms with Crippen LogP contribution >= 0.6 is 0 Å². The van der Waals surface area contributed by atoms with Gasteiger partial charge in [0.2, 0.25) is 0 Å². The highest BCUT2D eigenvalue weighted by Crippen LogP contribution is 2.03. The lowest BCUT2D eigenvalue weighted by Crippen LogP contribution is -2.21. The van der Waals surface area contributed by atoms with Crippen LogP contribution in [0.5, 0.6) is 0 Å². The molecule has 0 heterocycles. The third kappa shape index (κ3) is 10.9. The van der Waals surface area contributed by atoms with Crippen LogP contribution in [0.15, 0.2) is 0 Å². The second kappa shape index (κ2) is 9.03. The Morgan fingerprint density at radius 2 is 1.77 bits per heavy atom. The lowest BCUT2D eigenvalue weighted by molar-refractivity contribution is -0.107. The first kappa shape index (κ1) is 11.9. The fourth-order valence-electron chi connectivity index (χ4n) is 1.08. The van der Waals surface area contributed by atoms with Crippen molar-refractivity contribution in [3.8, 4) is 0 Å². The Kier molecular flexibility index (Phi) is 8.30. The van der Waals surface area contributed by atoms with E-state index in [2.05, 4.69) is 5.32 Å². The Balaban J connectivity index is 2.91. The Bertz CT molecular complexity index is 148.